The van der Waals surface area contributed by atoms with E-state index in [0.29, 0.717) is 38.4 Å². The summed E-state index contributed by atoms with van der Waals surface area (Å²) in [6.45, 7) is 18.0. The number of aromatic nitrogens is 6. The Bertz CT molecular complexity index is 4460. The van der Waals surface area contributed by atoms with Crippen LogP contribution in [0.15, 0.2) is 183 Å². The Hall–Kier alpha value is -9.32. The van der Waals surface area contributed by atoms with E-state index >= 15 is 0 Å². The molecular weight excluding hydrogens is 1140 g/mol. The Labute approximate surface area is 521 Å². The van der Waals surface area contributed by atoms with Gasteiger partial charge in [0.1, 0.15) is 17.1 Å². The highest BCUT2D eigenvalue weighted by Crippen LogP contribution is 2.44. The van der Waals surface area contributed by atoms with Crippen molar-refractivity contribution in [2.75, 3.05) is 0 Å². The maximum atomic E-state index is 12.9. The number of aromatic carboxylic acids is 1. The fraction of sp³-hybridized carbons (Fsp3) is 0.149. The number of hydrogen-bond acceptors (Lipinski definition) is 9. The van der Waals surface area contributed by atoms with Gasteiger partial charge in [0.15, 0.2) is 11.6 Å². The molecule has 0 radical (unpaired) electrons. The molecule has 0 aliphatic carbocycles. The third-order valence-electron chi connectivity index (χ3n) is 15.5. The SMILES string of the molecule is CC(=O)c1cc(-c2ccccc2Cl)c2c(C)c(-c3ccncc3)c(C)cc2n1.Cc1cc2nc(C(=O)CC(C)C)cc(-c3ccccc3Cl)c2c(C)c1-c1ccncc1.Cc1cc2nc(C(=O)O)cc(-c3ccccc3Cl)c2c(C)c1-c1ccncc1. The molecule has 0 atom stereocenters. The lowest BCUT2D eigenvalue weighted by molar-refractivity contribution is 0.0690. The van der Waals surface area contributed by atoms with Gasteiger partial charge in [0.05, 0.1) is 16.6 Å². The lowest BCUT2D eigenvalue weighted by Crippen LogP contribution is -2.07. The summed E-state index contributed by atoms with van der Waals surface area (Å²) in [4.78, 5) is 62.9. The second kappa shape index (κ2) is 26.1. The number of Topliss-reactive ketones (excluding diaryl/α,β-unsaturated/α-hetero) is 2. The molecule has 1 N–H and O–H groups in total. The molecule has 0 bridgehead atoms. The van der Waals surface area contributed by atoms with E-state index in [-0.39, 0.29) is 23.2 Å². The molecule has 6 heterocycles. The van der Waals surface area contributed by atoms with Crippen molar-refractivity contribution in [3.63, 3.8) is 0 Å². The minimum Gasteiger partial charge on any atom is -0.477 e. The van der Waals surface area contributed by atoms with E-state index in [1.54, 1.807) is 49.3 Å². The number of carbonyl (C=O) groups is 3. The van der Waals surface area contributed by atoms with Gasteiger partial charge in [-0.2, -0.15) is 0 Å². The average Bonchev–Trinajstić information content (AvgIpc) is 1.02. The number of rotatable bonds is 11. The summed E-state index contributed by atoms with van der Waals surface area (Å²) in [6, 6.07) is 46.3. The Balaban J connectivity index is 0.000000145. The number of ketones is 2. The summed E-state index contributed by atoms with van der Waals surface area (Å²) in [5.41, 5.74) is 21.6. The first-order chi connectivity index (χ1) is 41.8. The van der Waals surface area contributed by atoms with Gasteiger partial charge in [0, 0.05) is 98.4 Å². The van der Waals surface area contributed by atoms with Crippen LogP contribution >= 0.6 is 34.8 Å². The zero-order valence-electron chi connectivity index (χ0n) is 49.6. The van der Waals surface area contributed by atoms with Crippen LogP contribution in [-0.4, -0.2) is 52.5 Å². The molecule has 0 saturated heterocycles. The highest BCUT2D eigenvalue weighted by Gasteiger charge is 2.23. The first-order valence-electron chi connectivity index (χ1n) is 28.4. The number of carbonyl (C=O) groups excluding carboxylic acids is 2. The summed E-state index contributed by atoms with van der Waals surface area (Å²) in [5.74, 6) is -0.808. The maximum Gasteiger partial charge on any atom is 0.354 e. The number of pyridine rings is 6. The van der Waals surface area contributed by atoms with E-state index in [0.717, 1.165) is 127 Å². The topological polar surface area (TPSA) is 149 Å². The number of nitrogens with zero attached hydrogens (tertiary/aromatic N) is 6. The molecule has 12 aromatic rings. The predicted molar refractivity (Wildman–Crippen MR) is 355 cm³/mol. The summed E-state index contributed by atoms with van der Waals surface area (Å²) < 4.78 is 0. The number of hydrogen-bond donors (Lipinski definition) is 1. The lowest BCUT2D eigenvalue weighted by Gasteiger charge is -2.18. The molecule has 432 valence electrons. The molecule has 10 nitrogen and oxygen atoms in total. The number of benzene rings is 6. The van der Waals surface area contributed by atoms with Gasteiger partial charge in [-0.3, -0.25) is 24.5 Å². The van der Waals surface area contributed by atoms with Crippen LogP contribution in [0.3, 0.4) is 0 Å². The number of halogens is 3. The van der Waals surface area contributed by atoms with Crippen molar-refractivity contribution in [3.8, 4) is 66.8 Å². The van der Waals surface area contributed by atoms with Crippen molar-refractivity contribution < 1.29 is 19.5 Å². The molecule has 0 spiro atoms. The highest BCUT2D eigenvalue weighted by atomic mass is 35.5. The standard InChI is InChI=1S/C27H25ClN2O.C24H19ClN2O.C23H17ClN2O2/c1-16(2)13-25(31)23-15-21(20-7-5-6-8-22(20)28)27-18(4)26(17(3)14-24(27)30-23)19-9-11-29-12-10-19;1-14-12-22-24(15(2)23(14)17-8-10-26-11-9-17)19(13-21(27-22)16(3)28)18-6-4-5-7-20(18)25;1-13-11-19-22(14(2)21(13)15-7-9-25-10-8-15)17(12-20(26-19)23(27)28)16-5-3-4-6-18(16)24/h5-12,14-16H,13H2,1-4H3;4-13H,1-3H3;3-12H,1-2H3,(H,27,28). The largest absolute Gasteiger partial charge is 0.477 e. The van der Waals surface area contributed by atoms with Gasteiger partial charge >= 0.3 is 5.97 Å². The predicted octanol–water partition coefficient (Wildman–Crippen LogP) is 19.8. The van der Waals surface area contributed by atoms with Crippen LogP contribution in [0, 0.1) is 47.5 Å². The van der Waals surface area contributed by atoms with E-state index in [4.69, 9.17) is 39.8 Å². The average molecular weight is 1200 g/mol. The molecule has 6 aromatic heterocycles. The number of carboxylic acid groups (broad SMARTS) is 1. The Morgan fingerprint density at radius 2 is 0.713 bits per heavy atom. The zero-order chi connectivity index (χ0) is 61.8. The van der Waals surface area contributed by atoms with Gasteiger partial charge in [-0.25, -0.2) is 19.7 Å². The molecule has 87 heavy (non-hydrogen) atoms. The van der Waals surface area contributed by atoms with Crippen LogP contribution in [0.25, 0.3) is 99.5 Å². The van der Waals surface area contributed by atoms with Crippen molar-refractivity contribution in [1.29, 1.82) is 0 Å². The van der Waals surface area contributed by atoms with Crippen molar-refractivity contribution in [3.05, 3.63) is 248 Å². The minimum atomic E-state index is -1.07. The quantitative estimate of drug-likeness (QED) is 0.124. The highest BCUT2D eigenvalue weighted by molar-refractivity contribution is 6.35. The summed E-state index contributed by atoms with van der Waals surface area (Å²) in [6.07, 6.45) is 11.2. The minimum absolute atomic E-state index is 0.00196. The van der Waals surface area contributed by atoms with Gasteiger partial charge in [0.2, 0.25) is 0 Å². The van der Waals surface area contributed by atoms with E-state index in [1.807, 2.05) is 155 Å². The molecule has 0 aliphatic heterocycles. The van der Waals surface area contributed by atoms with Crippen molar-refractivity contribution in [1.82, 2.24) is 29.9 Å². The number of carboxylic acids is 1. The van der Waals surface area contributed by atoms with Crippen LogP contribution in [0.2, 0.25) is 15.1 Å². The van der Waals surface area contributed by atoms with Crippen LogP contribution in [0.1, 0.15) is 92.0 Å². The molecule has 0 amide bonds. The van der Waals surface area contributed by atoms with Crippen molar-refractivity contribution in [2.45, 2.75) is 68.7 Å². The molecule has 0 fully saturated rings. The fourth-order valence-corrected chi connectivity index (χ4v) is 12.5. The maximum absolute atomic E-state index is 12.9. The Kier molecular flexibility index (Phi) is 18.2. The smallest absolute Gasteiger partial charge is 0.354 e. The second-order valence-corrected chi connectivity index (χ2v) is 23.2. The van der Waals surface area contributed by atoms with Gasteiger partial charge in [-0.15, -0.1) is 0 Å². The monoisotopic (exact) mass is 1200 g/mol. The van der Waals surface area contributed by atoms with E-state index in [2.05, 4.69) is 58.7 Å². The first kappa shape index (κ1) is 60.8. The molecule has 13 heteroatoms. The fourth-order valence-electron chi connectivity index (χ4n) is 11.8. The van der Waals surface area contributed by atoms with Crippen molar-refractivity contribution >= 4 is 85.0 Å². The van der Waals surface area contributed by atoms with Gasteiger partial charge in [0.25, 0.3) is 0 Å². The number of fused-ring (bicyclic) bond motifs is 3. The molecule has 0 unspecified atom stereocenters. The second-order valence-electron chi connectivity index (χ2n) is 22.0. The number of aryl methyl sites for hydroxylation is 6. The van der Waals surface area contributed by atoms with Crippen LogP contribution in [-0.2, 0) is 0 Å². The van der Waals surface area contributed by atoms with E-state index in [1.165, 1.54) is 6.92 Å². The molecule has 6 aromatic carbocycles. The molecule has 0 saturated carbocycles. The Morgan fingerprint density at radius 1 is 0.414 bits per heavy atom. The normalized spacial score (nSPS) is 11.1. The Morgan fingerprint density at radius 3 is 1.02 bits per heavy atom. The van der Waals surface area contributed by atoms with Crippen molar-refractivity contribution in [2.24, 2.45) is 5.92 Å². The first-order valence-corrected chi connectivity index (χ1v) is 29.5. The van der Waals surface area contributed by atoms with Gasteiger partial charge in [-0.1, -0.05) is 103 Å². The van der Waals surface area contributed by atoms with Gasteiger partial charge in [-0.05, 0) is 222 Å². The molecule has 12 rings (SSSR count). The zero-order valence-corrected chi connectivity index (χ0v) is 51.9. The van der Waals surface area contributed by atoms with Crippen LogP contribution < -0.4 is 0 Å². The molecule has 0 aliphatic rings. The van der Waals surface area contributed by atoms with Gasteiger partial charge < -0.3 is 5.11 Å². The van der Waals surface area contributed by atoms with Crippen LogP contribution in [0.5, 0.6) is 0 Å². The third kappa shape index (κ3) is 12.7. The lowest BCUT2D eigenvalue weighted by atomic mass is 9.88. The summed E-state index contributed by atoms with van der Waals surface area (Å²) in [7, 11) is 0. The van der Waals surface area contributed by atoms with Crippen LogP contribution in [0.4, 0.5) is 0 Å². The third-order valence-corrected chi connectivity index (χ3v) is 16.5. The summed E-state index contributed by atoms with van der Waals surface area (Å²) >= 11 is 19.6. The molecular formula is C74H61Cl3N6O4. The van der Waals surface area contributed by atoms with E-state index < -0.39 is 5.97 Å². The van der Waals surface area contributed by atoms with E-state index in [9.17, 15) is 19.5 Å². The summed E-state index contributed by atoms with van der Waals surface area (Å²) in [5, 5.41) is 14.4.